The van der Waals surface area contributed by atoms with Crippen molar-refractivity contribution < 1.29 is 9.53 Å². The topological polar surface area (TPSA) is 32.8 Å². The van der Waals surface area contributed by atoms with Gasteiger partial charge < -0.3 is 14.5 Å². The maximum atomic E-state index is 13.0. The van der Waals surface area contributed by atoms with Crippen LogP contribution in [0.5, 0.6) is 0 Å². The van der Waals surface area contributed by atoms with Crippen molar-refractivity contribution in [1.29, 1.82) is 0 Å². The molecule has 1 saturated heterocycles. The van der Waals surface area contributed by atoms with Crippen LogP contribution in [0.25, 0.3) is 0 Å². The third kappa shape index (κ3) is 3.69. The summed E-state index contributed by atoms with van der Waals surface area (Å²) in [5, 5.41) is 0. The predicted octanol–water partition coefficient (Wildman–Crippen LogP) is 3.32. The Morgan fingerprint density at radius 1 is 1.13 bits per heavy atom. The summed E-state index contributed by atoms with van der Waals surface area (Å²) in [5.74, 6) is 0.181. The lowest BCUT2D eigenvalue weighted by atomic mass is 10.1. The molecule has 0 atom stereocenters. The lowest BCUT2D eigenvalue weighted by molar-refractivity contribution is 0.0613. The van der Waals surface area contributed by atoms with E-state index in [0.29, 0.717) is 6.04 Å². The third-order valence-corrected chi connectivity index (χ3v) is 5.00. The molecule has 1 aliphatic carbocycles. The first-order chi connectivity index (χ1) is 11.2. The number of ether oxygens (including phenoxy) is 1. The van der Waals surface area contributed by atoms with E-state index in [9.17, 15) is 4.79 Å². The number of morpholine rings is 1. The predicted molar refractivity (Wildman–Crippen MR) is 93.0 cm³/mol. The van der Waals surface area contributed by atoms with Crippen LogP contribution in [-0.4, -0.2) is 49.2 Å². The zero-order chi connectivity index (χ0) is 16.2. The molecule has 2 aliphatic rings. The highest BCUT2D eigenvalue weighted by Crippen LogP contribution is 2.27. The Hall–Kier alpha value is -1.55. The summed E-state index contributed by atoms with van der Waals surface area (Å²) in [6.45, 7) is 7.66. The summed E-state index contributed by atoms with van der Waals surface area (Å²) >= 11 is 0. The Kier molecular flexibility index (Phi) is 5.21. The molecule has 2 fully saturated rings. The van der Waals surface area contributed by atoms with Crippen molar-refractivity contribution in [3.63, 3.8) is 0 Å². The lowest BCUT2D eigenvalue weighted by Gasteiger charge is -2.33. The standard InChI is InChI=1S/C19H28N2O2/c1-15(2)21(18-5-3-4-6-18)19(22)16-7-9-17(10-8-16)20-11-13-23-14-12-20/h7-10,15,18H,3-6,11-14H2,1-2H3. The molecule has 0 unspecified atom stereocenters. The van der Waals surface area contributed by atoms with E-state index >= 15 is 0 Å². The van der Waals surface area contributed by atoms with Crippen molar-refractivity contribution >= 4 is 11.6 Å². The van der Waals surface area contributed by atoms with Gasteiger partial charge in [-0.05, 0) is 51.0 Å². The van der Waals surface area contributed by atoms with E-state index in [-0.39, 0.29) is 11.9 Å². The van der Waals surface area contributed by atoms with Crippen molar-refractivity contribution in [3.05, 3.63) is 29.8 Å². The van der Waals surface area contributed by atoms with Gasteiger partial charge in [0.1, 0.15) is 0 Å². The minimum absolute atomic E-state index is 0.181. The van der Waals surface area contributed by atoms with Crippen LogP contribution in [0, 0.1) is 0 Å². The second kappa shape index (κ2) is 7.35. The van der Waals surface area contributed by atoms with Gasteiger partial charge in [0.2, 0.25) is 0 Å². The number of anilines is 1. The van der Waals surface area contributed by atoms with Crippen LogP contribution >= 0.6 is 0 Å². The Labute approximate surface area is 139 Å². The number of carbonyl (C=O) groups excluding carboxylic acids is 1. The van der Waals surface area contributed by atoms with Crippen LogP contribution < -0.4 is 4.90 Å². The quantitative estimate of drug-likeness (QED) is 0.854. The molecule has 1 heterocycles. The fourth-order valence-electron chi connectivity index (χ4n) is 3.79. The molecular formula is C19H28N2O2. The van der Waals surface area contributed by atoms with Crippen molar-refractivity contribution in [2.45, 2.75) is 51.6 Å². The summed E-state index contributed by atoms with van der Waals surface area (Å²) in [6.07, 6.45) is 4.79. The van der Waals surface area contributed by atoms with Crippen LogP contribution in [-0.2, 0) is 4.74 Å². The van der Waals surface area contributed by atoms with Crippen LogP contribution in [0.3, 0.4) is 0 Å². The van der Waals surface area contributed by atoms with Crippen molar-refractivity contribution in [2.75, 3.05) is 31.2 Å². The highest BCUT2D eigenvalue weighted by Gasteiger charge is 2.29. The fraction of sp³-hybridized carbons (Fsp3) is 0.632. The summed E-state index contributed by atoms with van der Waals surface area (Å²) in [7, 11) is 0. The maximum Gasteiger partial charge on any atom is 0.254 e. The van der Waals surface area contributed by atoms with Gasteiger partial charge in [-0.25, -0.2) is 0 Å². The van der Waals surface area contributed by atoms with Crippen LogP contribution in [0.15, 0.2) is 24.3 Å². The first-order valence-electron chi connectivity index (χ1n) is 8.92. The van der Waals surface area contributed by atoms with Gasteiger partial charge in [-0.2, -0.15) is 0 Å². The first-order valence-corrected chi connectivity index (χ1v) is 8.92. The number of rotatable bonds is 4. The second-order valence-corrected chi connectivity index (χ2v) is 6.89. The van der Waals surface area contributed by atoms with Crippen molar-refractivity contribution in [2.24, 2.45) is 0 Å². The molecule has 0 spiro atoms. The van der Waals surface area contributed by atoms with E-state index in [2.05, 4.69) is 35.8 Å². The highest BCUT2D eigenvalue weighted by molar-refractivity contribution is 5.95. The molecule has 3 rings (SSSR count). The van der Waals surface area contributed by atoms with Crippen molar-refractivity contribution in [3.8, 4) is 0 Å². The van der Waals surface area contributed by atoms with Gasteiger partial charge in [0.25, 0.3) is 5.91 Å². The smallest absolute Gasteiger partial charge is 0.254 e. The third-order valence-electron chi connectivity index (χ3n) is 5.00. The van der Waals surface area contributed by atoms with Gasteiger partial charge >= 0.3 is 0 Å². The number of carbonyl (C=O) groups is 1. The number of nitrogens with zero attached hydrogens (tertiary/aromatic N) is 2. The summed E-state index contributed by atoms with van der Waals surface area (Å²) < 4.78 is 5.40. The van der Waals surface area contributed by atoms with E-state index < -0.39 is 0 Å². The number of hydrogen-bond donors (Lipinski definition) is 0. The zero-order valence-electron chi connectivity index (χ0n) is 14.3. The van der Waals surface area contributed by atoms with E-state index in [4.69, 9.17) is 4.74 Å². The Morgan fingerprint density at radius 3 is 2.30 bits per heavy atom. The van der Waals surface area contributed by atoms with Crippen molar-refractivity contribution in [1.82, 2.24) is 4.90 Å². The molecule has 1 saturated carbocycles. The van der Waals surface area contributed by atoms with E-state index in [1.807, 2.05) is 12.1 Å². The van der Waals surface area contributed by atoms with E-state index in [1.54, 1.807) is 0 Å². The molecule has 1 aromatic rings. The van der Waals surface area contributed by atoms with Crippen LogP contribution in [0.2, 0.25) is 0 Å². The maximum absolute atomic E-state index is 13.0. The normalized spacial score (nSPS) is 19.3. The second-order valence-electron chi connectivity index (χ2n) is 6.89. The molecule has 0 bridgehead atoms. The largest absolute Gasteiger partial charge is 0.378 e. The summed E-state index contributed by atoms with van der Waals surface area (Å²) in [4.78, 5) is 17.4. The Bertz CT molecular complexity index is 515. The van der Waals surface area contributed by atoms with Gasteiger partial charge in [-0.3, -0.25) is 4.79 Å². The molecule has 0 N–H and O–H groups in total. The molecule has 4 heteroatoms. The number of amides is 1. The zero-order valence-corrected chi connectivity index (χ0v) is 14.3. The summed E-state index contributed by atoms with van der Waals surface area (Å²) in [5.41, 5.74) is 1.99. The molecule has 1 aromatic carbocycles. The molecule has 1 aliphatic heterocycles. The molecule has 1 amide bonds. The average molecular weight is 316 g/mol. The van der Waals surface area contributed by atoms with Crippen LogP contribution in [0.1, 0.15) is 49.9 Å². The molecule has 4 nitrogen and oxygen atoms in total. The van der Waals surface area contributed by atoms with Gasteiger partial charge in [0.05, 0.1) is 13.2 Å². The fourth-order valence-corrected chi connectivity index (χ4v) is 3.79. The molecular weight excluding hydrogens is 288 g/mol. The molecule has 23 heavy (non-hydrogen) atoms. The number of hydrogen-bond acceptors (Lipinski definition) is 3. The molecule has 126 valence electrons. The first kappa shape index (κ1) is 16.3. The number of benzene rings is 1. The van der Waals surface area contributed by atoms with E-state index in [1.165, 1.54) is 18.5 Å². The van der Waals surface area contributed by atoms with E-state index in [0.717, 1.165) is 44.7 Å². The SMILES string of the molecule is CC(C)N(C(=O)c1ccc(N2CCOCC2)cc1)C1CCCC1. The van der Waals surface area contributed by atoms with Gasteiger partial charge in [-0.1, -0.05) is 12.8 Å². The highest BCUT2D eigenvalue weighted by atomic mass is 16.5. The van der Waals surface area contributed by atoms with Gasteiger partial charge in [-0.15, -0.1) is 0 Å². The lowest BCUT2D eigenvalue weighted by Crippen LogP contribution is -2.43. The van der Waals surface area contributed by atoms with Gasteiger partial charge in [0, 0.05) is 36.4 Å². The Morgan fingerprint density at radius 2 is 1.74 bits per heavy atom. The molecule has 0 radical (unpaired) electrons. The van der Waals surface area contributed by atoms with Gasteiger partial charge in [0.15, 0.2) is 0 Å². The minimum Gasteiger partial charge on any atom is -0.378 e. The Balaban J connectivity index is 1.73. The average Bonchev–Trinajstić information content (AvgIpc) is 3.09. The summed E-state index contributed by atoms with van der Waals surface area (Å²) in [6, 6.07) is 8.79. The minimum atomic E-state index is 0.181. The monoisotopic (exact) mass is 316 g/mol. The molecule has 0 aromatic heterocycles. The van der Waals surface area contributed by atoms with Crippen LogP contribution in [0.4, 0.5) is 5.69 Å².